The smallest absolute Gasteiger partial charge is 0.306 e. The van der Waals surface area contributed by atoms with Gasteiger partial charge in [0.05, 0.1) is 13.2 Å². The molecule has 1 atom stereocenters. The number of aliphatic hydroxyl groups excluding tert-OH is 1. The summed E-state index contributed by atoms with van der Waals surface area (Å²) in [6.45, 7) is 5.24. The Morgan fingerprint density at radius 1 is 0.510 bits per heavy atom. The van der Waals surface area contributed by atoms with Gasteiger partial charge in [-0.15, -0.1) is 0 Å². The summed E-state index contributed by atoms with van der Waals surface area (Å²) in [5.74, 6) is -0.213. The van der Waals surface area contributed by atoms with Gasteiger partial charge in [-0.3, -0.25) is 4.79 Å². The van der Waals surface area contributed by atoms with E-state index in [1.807, 2.05) is 0 Å². The first-order chi connectivity index (χ1) is 24.2. The fraction of sp³-hybridized carbons (Fsp3) is 0.800. The first-order valence-electron chi connectivity index (χ1n) is 21.2. The molecule has 0 aromatic carbocycles. The summed E-state index contributed by atoms with van der Waals surface area (Å²) >= 11 is 0. The van der Waals surface area contributed by atoms with Crippen LogP contribution < -0.4 is 0 Å². The van der Waals surface area contributed by atoms with Gasteiger partial charge in [-0.25, -0.2) is 0 Å². The predicted molar refractivity (Wildman–Crippen MR) is 214 cm³/mol. The van der Waals surface area contributed by atoms with Crippen LogP contribution in [0.15, 0.2) is 48.6 Å². The quantitative estimate of drug-likeness (QED) is 0.0397. The minimum absolute atomic E-state index is 0.176. The van der Waals surface area contributed by atoms with Crippen LogP contribution in [0.25, 0.3) is 0 Å². The number of carbonyl (C=O) groups is 1. The van der Waals surface area contributed by atoms with Gasteiger partial charge in [0.15, 0.2) is 0 Å². The van der Waals surface area contributed by atoms with Crippen molar-refractivity contribution >= 4 is 5.97 Å². The lowest BCUT2D eigenvalue weighted by Crippen LogP contribution is -2.27. The molecule has 0 fully saturated rings. The van der Waals surface area contributed by atoms with Crippen LogP contribution in [0.1, 0.15) is 206 Å². The summed E-state index contributed by atoms with van der Waals surface area (Å²) in [5, 5.41) is 9.60. The Morgan fingerprint density at radius 2 is 0.918 bits per heavy atom. The zero-order chi connectivity index (χ0) is 35.6. The Balaban J connectivity index is 3.45. The maximum atomic E-state index is 12.2. The summed E-state index contributed by atoms with van der Waals surface area (Å²) in [6, 6.07) is 0. The molecule has 0 radical (unpaired) electrons. The van der Waals surface area contributed by atoms with Gasteiger partial charge in [0.2, 0.25) is 0 Å². The summed E-state index contributed by atoms with van der Waals surface area (Å²) in [6.07, 6.45) is 54.5. The lowest BCUT2D eigenvalue weighted by Gasteiger charge is -2.16. The number of carbonyl (C=O) groups excluding carboxylic acids is 1. The molecule has 0 saturated carbocycles. The number of hydrogen-bond donors (Lipinski definition) is 1. The lowest BCUT2D eigenvalue weighted by molar-refractivity contribution is -0.154. The molecule has 1 unspecified atom stereocenters. The van der Waals surface area contributed by atoms with Crippen molar-refractivity contribution in [3.05, 3.63) is 48.6 Å². The van der Waals surface area contributed by atoms with Crippen LogP contribution >= 0.6 is 0 Å². The third-order valence-corrected chi connectivity index (χ3v) is 9.17. The topological polar surface area (TPSA) is 55.8 Å². The van der Waals surface area contributed by atoms with E-state index in [2.05, 4.69) is 62.5 Å². The molecule has 0 saturated heterocycles. The van der Waals surface area contributed by atoms with Gasteiger partial charge in [-0.2, -0.15) is 0 Å². The van der Waals surface area contributed by atoms with Crippen LogP contribution in [0.4, 0.5) is 0 Å². The Labute approximate surface area is 305 Å². The molecule has 49 heavy (non-hydrogen) atoms. The van der Waals surface area contributed by atoms with Crippen LogP contribution in [0.2, 0.25) is 0 Å². The van der Waals surface area contributed by atoms with Crippen LogP contribution in [0, 0.1) is 0 Å². The Morgan fingerprint density at radius 3 is 1.39 bits per heavy atom. The summed E-state index contributed by atoms with van der Waals surface area (Å²) in [5.41, 5.74) is 0. The predicted octanol–water partition coefficient (Wildman–Crippen LogP) is 13.9. The van der Waals surface area contributed by atoms with Crippen LogP contribution in [0.5, 0.6) is 0 Å². The molecule has 1 N–H and O–H groups in total. The van der Waals surface area contributed by atoms with E-state index in [0.29, 0.717) is 19.6 Å². The second kappa shape index (κ2) is 42.5. The SMILES string of the molecule is CC/C=C\C/C=C\C/C=C\C/C=C\CCCCCCCCC(=O)OC(CO)COCCCCCCCCCCCCCCCCCCCC. The van der Waals surface area contributed by atoms with Gasteiger partial charge in [0.1, 0.15) is 6.10 Å². The van der Waals surface area contributed by atoms with Crippen LogP contribution in [-0.2, 0) is 14.3 Å². The average Bonchev–Trinajstić information content (AvgIpc) is 3.11. The molecule has 0 spiro atoms. The zero-order valence-electron chi connectivity index (χ0n) is 32.7. The highest BCUT2D eigenvalue weighted by atomic mass is 16.6. The standard InChI is InChI=1S/C45H82O4/c1-3-5-7-9-11-13-15-17-19-21-23-24-26-28-30-32-34-36-38-40-45(47)49-44(42-46)43-48-41-39-37-35-33-31-29-27-25-22-20-18-16-14-12-10-8-6-4-2/h5,7,11,13,17,19,23-24,44,46H,3-4,6,8-10,12,14-16,18,20-22,25-43H2,1-2H3/b7-5-,13-11-,19-17-,24-23-. The van der Waals surface area contributed by atoms with Crippen molar-refractivity contribution in [2.45, 2.75) is 213 Å². The second-order valence-corrected chi connectivity index (χ2v) is 14.0. The van der Waals surface area contributed by atoms with Gasteiger partial charge >= 0.3 is 5.97 Å². The molecule has 286 valence electrons. The molecule has 4 nitrogen and oxygen atoms in total. The summed E-state index contributed by atoms with van der Waals surface area (Å²) in [7, 11) is 0. The third kappa shape index (κ3) is 40.7. The molecule has 0 aliphatic rings. The number of esters is 1. The zero-order valence-corrected chi connectivity index (χ0v) is 32.7. The van der Waals surface area contributed by atoms with Crippen molar-refractivity contribution in [2.24, 2.45) is 0 Å². The Bertz CT molecular complexity index is 768. The highest BCUT2D eigenvalue weighted by Gasteiger charge is 2.13. The number of hydrogen-bond acceptors (Lipinski definition) is 4. The average molecular weight is 687 g/mol. The van der Waals surface area contributed by atoms with Crippen molar-refractivity contribution < 1.29 is 19.4 Å². The van der Waals surface area contributed by atoms with Crippen LogP contribution in [-0.4, -0.2) is 37.0 Å². The molecule has 0 aromatic heterocycles. The molecule has 0 amide bonds. The van der Waals surface area contributed by atoms with E-state index in [9.17, 15) is 9.90 Å². The largest absolute Gasteiger partial charge is 0.457 e. The fourth-order valence-corrected chi connectivity index (χ4v) is 6.03. The van der Waals surface area contributed by atoms with Gasteiger partial charge in [0.25, 0.3) is 0 Å². The monoisotopic (exact) mass is 687 g/mol. The highest BCUT2D eigenvalue weighted by molar-refractivity contribution is 5.69. The van der Waals surface area contributed by atoms with Gasteiger partial charge in [0, 0.05) is 13.0 Å². The number of ether oxygens (including phenoxy) is 2. The summed E-state index contributed by atoms with van der Waals surface area (Å²) < 4.78 is 11.2. The van der Waals surface area contributed by atoms with Crippen LogP contribution in [0.3, 0.4) is 0 Å². The highest BCUT2D eigenvalue weighted by Crippen LogP contribution is 2.15. The maximum Gasteiger partial charge on any atom is 0.306 e. The van der Waals surface area contributed by atoms with Gasteiger partial charge < -0.3 is 14.6 Å². The molecular formula is C45H82O4. The van der Waals surface area contributed by atoms with Crippen molar-refractivity contribution in [2.75, 3.05) is 19.8 Å². The summed E-state index contributed by atoms with van der Waals surface area (Å²) in [4.78, 5) is 12.2. The van der Waals surface area contributed by atoms with Crippen molar-refractivity contribution in [3.63, 3.8) is 0 Å². The molecule has 0 aromatic rings. The first-order valence-corrected chi connectivity index (χ1v) is 21.2. The van der Waals surface area contributed by atoms with Gasteiger partial charge in [-0.05, 0) is 51.4 Å². The molecule has 0 bridgehead atoms. The number of aliphatic hydroxyl groups is 1. The van der Waals surface area contributed by atoms with E-state index in [1.54, 1.807) is 0 Å². The fourth-order valence-electron chi connectivity index (χ4n) is 6.03. The maximum absolute atomic E-state index is 12.2. The number of allylic oxidation sites excluding steroid dienone is 8. The van der Waals surface area contributed by atoms with E-state index in [-0.39, 0.29) is 12.6 Å². The van der Waals surface area contributed by atoms with E-state index in [0.717, 1.165) is 57.8 Å². The molecule has 0 aliphatic heterocycles. The van der Waals surface area contributed by atoms with E-state index in [4.69, 9.17) is 9.47 Å². The first kappa shape index (κ1) is 47.4. The third-order valence-electron chi connectivity index (χ3n) is 9.17. The molecule has 0 rings (SSSR count). The number of unbranched alkanes of at least 4 members (excludes halogenated alkanes) is 23. The molecule has 0 aliphatic carbocycles. The minimum atomic E-state index is -0.540. The van der Waals surface area contributed by atoms with E-state index >= 15 is 0 Å². The normalized spacial score (nSPS) is 12.8. The lowest BCUT2D eigenvalue weighted by atomic mass is 10.0. The second-order valence-electron chi connectivity index (χ2n) is 14.0. The van der Waals surface area contributed by atoms with E-state index < -0.39 is 6.10 Å². The van der Waals surface area contributed by atoms with Crippen molar-refractivity contribution in [1.29, 1.82) is 0 Å². The molecular weight excluding hydrogens is 604 g/mol. The Kier molecular flexibility index (Phi) is 41.1. The number of rotatable bonds is 39. The minimum Gasteiger partial charge on any atom is -0.457 e. The van der Waals surface area contributed by atoms with Crippen molar-refractivity contribution in [3.8, 4) is 0 Å². The van der Waals surface area contributed by atoms with E-state index in [1.165, 1.54) is 128 Å². The van der Waals surface area contributed by atoms with Crippen molar-refractivity contribution in [1.82, 2.24) is 0 Å². The molecule has 4 heteroatoms. The Hall–Kier alpha value is -1.65. The van der Waals surface area contributed by atoms with Gasteiger partial charge in [-0.1, -0.05) is 197 Å². The molecule has 0 heterocycles.